The first-order chi connectivity index (χ1) is 6.40. The Labute approximate surface area is 87.1 Å². The lowest BCUT2D eigenvalue weighted by atomic mass is 10.3. The summed E-state index contributed by atoms with van der Waals surface area (Å²) in [4.78, 5) is 15.9. The van der Waals surface area contributed by atoms with Crippen LogP contribution in [0.25, 0.3) is 0 Å². The number of aliphatic hydroxyl groups excluding tert-OH is 1. The number of rotatable bonds is 5. The fourth-order valence-electron chi connectivity index (χ4n) is 0.789. The van der Waals surface area contributed by atoms with Crippen LogP contribution in [0.15, 0.2) is 0 Å². The van der Waals surface area contributed by atoms with Gasteiger partial charge in [0.2, 0.25) is 0 Å². The van der Waals surface area contributed by atoms with Crippen LogP contribution in [0.5, 0.6) is 0 Å². The summed E-state index contributed by atoms with van der Waals surface area (Å²) in [5.74, 6) is 0. The second-order valence-corrected chi connectivity index (χ2v) is 4.05. The summed E-state index contributed by atoms with van der Waals surface area (Å²) >= 11 is 0. The average Bonchev–Trinajstić information content (AvgIpc) is 1.99. The Kier molecular flexibility index (Phi) is 13.4. The zero-order chi connectivity index (χ0) is 11.6. The van der Waals surface area contributed by atoms with Gasteiger partial charge in [-0.15, -0.1) is 0 Å². The highest BCUT2D eigenvalue weighted by Crippen LogP contribution is 2.22. The lowest BCUT2D eigenvalue weighted by Crippen LogP contribution is -2.29. The van der Waals surface area contributed by atoms with Crippen LogP contribution in [0.1, 0.15) is 27.7 Å². The standard InChI is InChI=1S/C6H15N.C2H7O4P/c1-5(2)7-6(3)4;3-1-2-6-7(4)5/h5-7H,1-4H3;3-5H,1-2H2. The summed E-state index contributed by atoms with van der Waals surface area (Å²) in [5, 5.41) is 11.3. The first kappa shape index (κ1) is 16.7. The van der Waals surface area contributed by atoms with Gasteiger partial charge in [-0.1, -0.05) is 27.7 Å². The number of aliphatic hydroxyl groups is 1. The summed E-state index contributed by atoms with van der Waals surface area (Å²) in [6.07, 6.45) is 0. The normalized spacial score (nSPS) is 10.7. The number of nitrogens with one attached hydrogen (secondary N) is 1. The van der Waals surface area contributed by atoms with Gasteiger partial charge in [-0.05, 0) is 0 Å². The molecule has 5 nitrogen and oxygen atoms in total. The molecule has 0 spiro atoms. The molecule has 0 aromatic carbocycles. The van der Waals surface area contributed by atoms with Crippen molar-refractivity contribution in [1.82, 2.24) is 5.32 Å². The van der Waals surface area contributed by atoms with Gasteiger partial charge in [0.1, 0.15) is 0 Å². The van der Waals surface area contributed by atoms with Gasteiger partial charge in [-0.2, -0.15) is 0 Å². The molecule has 0 aromatic rings. The topological polar surface area (TPSA) is 82.0 Å². The molecule has 6 heteroatoms. The van der Waals surface area contributed by atoms with Crippen molar-refractivity contribution in [2.45, 2.75) is 39.8 Å². The molecule has 0 amide bonds. The van der Waals surface area contributed by atoms with Crippen molar-refractivity contribution in [2.75, 3.05) is 13.2 Å². The summed E-state index contributed by atoms with van der Waals surface area (Å²) < 4.78 is 4.12. The van der Waals surface area contributed by atoms with E-state index in [1.807, 2.05) is 0 Å². The van der Waals surface area contributed by atoms with Gasteiger partial charge < -0.3 is 24.7 Å². The van der Waals surface area contributed by atoms with Gasteiger partial charge in [0, 0.05) is 12.1 Å². The van der Waals surface area contributed by atoms with Crippen molar-refractivity contribution < 1.29 is 19.4 Å². The van der Waals surface area contributed by atoms with Gasteiger partial charge in [-0.3, -0.25) is 0 Å². The molecule has 14 heavy (non-hydrogen) atoms. The maximum Gasteiger partial charge on any atom is 0.327 e. The zero-order valence-corrected chi connectivity index (χ0v) is 10.2. The Balaban J connectivity index is 0. The lowest BCUT2D eigenvalue weighted by molar-refractivity contribution is 0.181. The Morgan fingerprint density at radius 3 is 1.64 bits per heavy atom. The smallest absolute Gasteiger partial charge is 0.327 e. The van der Waals surface area contributed by atoms with E-state index >= 15 is 0 Å². The van der Waals surface area contributed by atoms with Crippen molar-refractivity contribution in [3.63, 3.8) is 0 Å². The van der Waals surface area contributed by atoms with E-state index < -0.39 is 8.60 Å². The van der Waals surface area contributed by atoms with E-state index in [2.05, 4.69) is 37.5 Å². The fraction of sp³-hybridized carbons (Fsp3) is 1.00. The molecule has 0 radical (unpaired) electrons. The maximum absolute atomic E-state index is 7.98. The van der Waals surface area contributed by atoms with Crippen molar-refractivity contribution in [2.24, 2.45) is 0 Å². The Bertz CT molecular complexity index is 106. The minimum Gasteiger partial charge on any atom is -0.394 e. The largest absolute Gasteiger partial charge is 0.394 e. The van der Waals surface area contributed by atoms with E-state index in [0.29, 0.717) is 12.1 Å². The SMILES string of the molecule is CC(C)NC(C)C.OCCOP(O)O. The molecular formula is C8H22NO4P. The first-order valence-electron chi connectivity index (χ1n) is 4.57. The number of hydrogen-bond donors (Lipinski definition) is 4. The Morgan fingerprint density at radius 2 is 1.57 bits per heavy atom. The van der Waals surface area contributed by atoms with Crippen LogP contribution in [-0.2, 0) is 4.52 Å². The van der Waals surface area contributed by atoms with E-state index in [0.717, 1.165) is 0 Å². The Hall–Kier alpha value is 0.230. The van der Waals surface area contributed by atoms with E-state index in [1.54, 1.807) is 0 Å². The van der Waals surface area contributed by atoms with E-state index in [4.69, 9.17) is 14.9 Å². The predicted octanol–water partition coefficient (Wildman–Crippen LogP) is 0.600. The minimum atomic E-state index is -2.27. The van der Waals surface area contributed by atoms with Gasteiger partial charge in [0.05, 0.1) is 13.2 Å². The van der Waals surface area contributed by atoms with Crippen molar-refractivity contribution in [1.29, 1.82) is 0 Å². The second kappa shape index (κ2) is 11.3. The predicted molar refractivity (Wildman–Crippen MR) is 57.8 cm³/mol. The molecule has 4 N–H and O–H groups in total. The van der Waals surface area contributed by atoms with Crippen LogP contribution in [0.2, 0.25) is 0 Å². The molecule has 0 aliphatic carbocycles. The average molecular weight is 227 g/mol. The molecule has 0 saturated heterocycles. The maximum atomic E-state index is 7.98. The van der Waals surface area contributed by atoms with Gasteiger partial charge in [0.25, 0.3) is 0 Å². The summed E-state index contributed by atoms with van der Waals surface area (Å²) in [5.41, 5.74) is 0. The third-order valence-corrected chi connectivity index (χ3v) is 1.38. The summed E-state index contributed by atoms with van der Waals surface area (Å²) in [6.45, 7) is 8.42. The van der Waals surface area contributed by atoms with Crippen LogP contribution in [0, 0.1) is 0 Å². The molecule has 0 saturated carbocycles. The lowest BCUT2D eigenvalue weighted by Gasteiger charge is -2.10. The van der Waals surface area contributed by atoms with Gasteiger partial charge >= 0.3 is 8.60 Å². The molecule has 0 rings (SSSR count). The third-order valence-electron chi connectivity index (χ3n) is 0.965. The molecule has 0 bridgehead atoms. The summed E-state index contributed by atoms with van der Waals surface area (Å²) in [7, 11) is -2.27. The van der Waals surface area contributed by atoms with Crippen LogP contribution < -0.4 is 5.32 Å². The van der Waals surface area contributed by atoms with Crippen LogP contribution in [0.3, 0.4) is 0 Å². The monoisotopic (exact) mass is 227 g/mol. The van der Waals surface area contributed by atoms with Crippen molar-refractivity contribution in [3.05, 3.63) is 0 Å². The molecule has 0 aromatic heterocycles. The van der Waals surface area contributed by atoms with Crippen LogP contribution in [-0.4, -0.2) is 40.2 Å². The molecular weight excluding hydrogens is 205 g/mol. The first-order valence-corrected chi connectivity index (χ1v) is 5.74. The van der Waals surface area contributed by atoms with E-state index in [1.165, 1.54) is 0 Å². The third kappa shape index (κ3) is 22.8. The second-order valence-electron chi connectivity index (χ2n) is 3.29. The van der Waals surface area contributed by atoms with Crippen molar-refractivity contribution >= 4 is 8.60 Å². The highest BCUT2D eigenvalue weighted by Gasteiger charge is 1.94. The van der Waals surface area contributed by atoms with E-state index in [9.17, 15) is 0 Å². The Morgan fingerprint density at radius 1 is 1.14 bits per heavy atom. The highest BCUT2D eigenvalue weighted by atomic mass is 31.2. The minimum absolute atomic E-state index is 0.0152. The number of hydrogen-bond acceptors (Lipinski definition) is 5. The quantitative estimate of drug-likeness (QED) is 0.517. The molecule has 0 atom stereocenters. The molecule has 0 fully saturated rings. The summed E-state index contributed by atoms with van der Waals surface area (Å²) in [6, 6.07) is 1.25. The molecule has 88 valence electrons. The molecule has 0 heterocycles. The zero-order valence-electron chi connectivity index (χ0n) is 9.27. The van der Waals surface area contributed by atoms with E-state index in [-0.39, 0.29) is 13.2 Å². The van der Waals surface area contributed by atoms with Gasteiger partial charge in [0.15, 0.2) is 0 Å². The van der Waals surface area contributed by atoms with Crippen molar-refractivity contribution in [3.8, 4) is 0 Å². The fourth-order valence-corrected chi connectivity index (χ4v) is 1.03. The molecule has 0 unspecified atom stereocenters. The van der Waals surface area contributed by atoms with Gasteiger partial charge in [-0.25, -0.2) is 0 Å². The molecule has 0 aliphatic heterocycles. The van der Waals surface area contributed by atoms with Crippen LogP contribution in [0.4, 0.5) is 0 Å². The molecule has 0 aliphatic rings. The van der Waals surface area contributed by atoms with Crippen LogP contribution >= 0.6 is 8.60 Å². The highest BCUT2D eigenvalue weighted by molar-refractivity contribution is 7.39.